The molecule has 0 fully saturated rings. The van der Waals surface area contributed by atoms with Gasteiger partial charge < -0.3 is 24.3 Å². The quantitative estimate of drug-likeness (QED) is 0.362. The van der Waals surface area contributed by atoms with Crippen molar-refractivity contribution in [2.24, 2.45) is 0 Å². The Labute approximate surface area is 220 Å². The van der Waals surface area contributed by atoms with E-state index in [1.165, 1.54) is 13.2 Å². The van der Waals surface area contributed by atoms with Crippen molar-refractivity contribution in [3.05, 3.63) is 59.2 Å². The molecule has 0 aliphatic carbocycles. The van der Waals surface area contributed by atoms with E-state index >= 15 is 0 Å². The van der Waals surface area contributed by atoms with Gasteiger partial charge in [0.05, 0.1) is 27.0 Å². The minimum Gasteiger partial charge on any atom is -0.497 e. The molecule has 0 atom stereocenters. The van der Waals surface area contributed by atoms with Crippen molar-refractivity contribution in [3.8, 4) is 17.2 Å². The Morgan fingerprint density at radius 2 is 1.49 bits per heavy atom. The Bertz CT molecular complexity index is 1160. The van der Waals surface area contributed by atoms with Crippen molar-refractivity contribution >= 4 is 16.9 Å². The summed E-state index contributed by atoms with van der Waals surface area (Å²) in [5.41, 5.74) is 1.26. The Morgan fingerprint density at radius 1 is 0.892 bits per heavy atom. The normalized spacial score (nSPS) is 10.4. The standard InChI is InChI=1S/C25H29FN2O5.2C2H6/c1-25(2,3)33-24(29)28-14-16-13-27-21(10-15-9-17(30-4)7-8-20(15)26)19-12-23(32-6)22(31-5)11-18(16)19;2*1-2/h7-9,11-13H,10,14H2,1-6H3,(H,28,29);2*1-2H3. The molecule has 1 aromatic heterocycles. The van der Waals surface area contributed by atoms with Crippen LogP contribution in [0.3, 0.4) is 0 Å². The van der Waals surface area contributed by atoms with Crippen molar-refractivity contribution in [1.82, 2.24) is 10.3 Å². The van der Waals surface area contributed by atoms with E-state index < -0.39 is 11.7 Å². The molecule has 1 N–H and O–H groups in total. The topological polar surface area (TPSA) is 78.9 Å². The number of halogens is 1. The molecule has 0 saturated heterocycles. The number of amides is 1. The number of nitrogens with one attached hydrogen (secondary N) is 1. The highest BCUT2D eigenvalue weighted by Crippen LogP contribution is 2.35. The lowest BCUT2D eigenvalue weighted by atomic mass is 9.99. The number of ether oxygens (including phenoxy) is 4. The number of hydrogen-bond acceptors (Lipinski definition) is 6. The van der Waals surface area contributed by atoms with Crippen molar-refractivity contribution in [3.63, 3.8) is 0 Å². The molecule has 0 aliphatic heterocycles. The van der Waals surface area contributed by atoms with Gasteiger partial charge in [0.15, 0.2) is 11.5 Å². The number of carbonyl (C=O) groups is 1. The van der Waals surface area contributed by atoms with Gasteiger partial charge >= 0.3 is 6.09 Å². The lowest BCUT2D eigenvalue weighted by Crippen LogP contribution is -2.32. The SMILES string of the molecule is CC.CC.COc1ccc(F)c(Cc2ncc(CNC(=O)OC(C)(C)C)c3cc(OC)c(OC)cc23)c1. The number of hydrogen-bond donors (Lipinski definition) is 1. The van der Waals surface area contributed by atoms with Gasteiger partial charge in [0.2, 0.25) is 0 Å². The first-order valence-electron chi connectivity index (χ1n) is 12.5. The summed E-state index contributed by atoms with van der Waals surface area (Å²) in [6.07, 6.45) is 1.38. The fraction of sp³-hybridized carbons (Fsp3) is 0.448. The zero-order valence-corrected chi connectivity index (χ0v) is 23.7. The summed E-state index contributed by atoms with van der Waals surface area (Å²) < 4.78 is 36.0. The fourth-order valence-electron chi connectivity index (χ4n) is 3.44. The molecule has 0 saturated carbocycles. The zero-order chi connectivity index (χ0) is 28.2. The van der Waals surface area contributed by atoms with Crippen LogP contribution in [0, 0.1) is 5.82 Å². The number of benzene rings is 2. The van der Waals surface area contributed by atoms with Gasteiger partial charge in [-0.25, -0.2) is 9.18 Å². The highest BCUT2D eigenvalue weighted by atomic mass is 19.1. The number of methoxy groups -OCH3 is 3. The van der Waals surface area contributed by atoms with Gasteiger partial charge in [0.25, 0.3) is 0 Å². The van der Waals surface area contributed by atoms with Crippen LogP contribution in [0.2, 0.25) is 0 Å². The third-order valence-corrected chi connectivity index (χ3v) is 4.99. The summed E-state index contributed by atoms with van der Waals surface area (Å²) >= 11 is 0. The number of pyridine rings is 1. The van der Waals surface area contributed by atoms with Crippen LogP contribution in [-0.2, 0) is 17.7 Å². The summed E-state index contributed by atoms with van der Waals surface area (Å²) in [6.45, 7) is 13.6. The number of carbonyl (C=O) groups excluding carboxylic acids is 1. The zero-order valence-electron chi connectivity index (χ0n) is 23.7. The number of alkyl carbamates (subject to hydrolysis) is 1. The third-order valence-electron chi connectivity index (χ3n) is 4.99. The lowest BCUT2D eigenvalue weighted by Gasteiger charge is -2.20. The smallest absolute Gasteiger partial charge is 0.407 e. The summed E-state index contributed by atoms with van der Waals surface area (Å²) in [5, 5.41) is 4.32. The summed E-state index contributed by atoms with van der Waals surface area (Å²) in [5.74, 6) is 1.28. The van der Waals surface area contributed by atoms with Crippen LogP contribution in [0.25, 0.3) is 10.8 Å². The highest BCUT2D eigenvalue weighted by molar-refractivity contribution is 5.91. The van der Waals surface area contributed by atoms with Crippen molar-refractivity contribution in [2.45, 2.75) is 67.0 Å². The van der Waals surface area contributed by atoms with Gasteiger partial charge in [-0.15, -0.1) is 0 Å². The predicted molar refractivity (Wildman–Crippen MR) is 146 cm³/mol. The maximum atomic E-state index is 14.5. The van der Waals surface area contributed by atoms with Crippen LogP contribution in [0.5, 0.6) is 17.2 Å². The predicted octanol–water partition coefficient (Wildman–Crippen LogP) is 7.07. The van der Waals surface area contributed by atoms with E-state index in [9.17, 15) is 9.18 Å². The van der Waals surface area contributed by atoms with Crippen LogP contribution in [0.15, 0.2) is 36.5 Å². The largest absolute Gasteiger partial charge is 0.497 e. The minimum atomic E-state index is -0.605. The molecule has 7 nitrogen and oxygen atoms in total. The molecular formula is C29H41FN2O5. The van der Waals surface area contributed by atoms with Gasteiger partial charge in [0, 0.05) is 24.5 Å². The maximum Gasteiger partial charge on any atom is 0.407 e. The van der Waals surface area contributed by atoms with E-state index in [1.54, 1.807) is 53.3 Å². The molecule has 3 rings (SSSR count). The van der Waals surface area contributed by atoms with Gasteiger partial charge in [-0.1, -0.05) is 27.7 Å². The first-order chi connectivity index (χ1) is 17.6. The molecule has 0 aliphatic rings. The molecule has 0 bridgehead atoms. The number of nitrogens with zero attached hydrogens (tertiary/aromatic N) is 1. The van der Waals surface area contributed by atoms with Crippen LogP contribution in [0.1, 0.15) is 65.3 Å². The first kappa shape index (κ1) is 31.5. The summed E-state index contributed by atoms with van der Waals surface area (Å²) in [7, 11) is 4.64. The highest BCUT2D eigenvalue weighted by Gasteiger charge is 2.18. The van der Waals surface area contributed by atoms with Crippen molar-refractivity contribution < 1.29 is 28.1 Å². The average molecular weight is 517 g/mol. The average Bonchev–Trinajstić information content (AvgIpc) is 2.89. The molecule has 1 amide bonds. The van der Waals surface area contributed by atoms with Crippen LogP contribution >= 0.6 is 0 Å². The molecule has 0 unspecified atom stereocenters. The summed E-state index contributed by atoms with van der Waals surface area (Å²) in [4.78, 5) is 16.7. The maximum absolute atomic E-state index is 14.5. The Hall–Kier alpha value is -3.55. The van der Waals surface area contributed by atoms with Gasteiger partial charge in [-0.2, -0.15) is 0 Å². The second kappa shape index (κ2) is 14.9. The summed E-state index contributed by atoms with van der Waals surface area (Å²) in [6, 6.07) is 8.24. The monoisotopic (exact) mass is 516 g/mol. The molecular weight excluding hydrogens is 475 g/mol. The van der Waals surface area contributed by atoms with E-state index in [0.717, 1.165) is 16.3 Å². The Morgan fingerprint density at radius 3 is 2.03 bits per heavy atom. The molecule has 1 heterocycles. The van der Waals surface area contributed by atoms with E-state index in [4.69, 9.17) is 18.9 Å². The lowest BCUT2D eigenvalue weighted by molar-refractivity contribution is 0.0523. The second-order valence-corrected chi connectivity index (χ2v) is 8.47. The van der Waals surface area contributed by atoms with E-state index in [1.807, 2.05) is 39.8 Å². The second-order valence-electron chi connectivity index (χ2n) is 8.47. The number of fused-ring (bicyclic) bond motifs is 1. The van der Waals surface area contributed by atoms with E-state index in [2.05, 4.69) is 10.3 Å². The third kappa shape index (κ3) is 8.81. The van der Waals surface area contributed by atoms with Crippen LogP contribution in [0.4, 0.5) is 9.18 Å². The van der Waals surface area contributed by atoms with E-state index in [0.29, 0.717) is 28.5 Å². The molecule has 0 spiro atoms. The Balaban J connectivity index is 0.00000163. The molecule has 204 valence electrons. The first-order valence-corrected chi connectivity index (χ1v) is 12.5. The molecule has 3 aromatic rings. The van der Waals surface area contributed by atoms with Crippen LogP contribution in [-0.4, -0.2) is 38.0 Å². The van der Waals surface area contributed by atoms with Crippen molar-refractivity contribution in [2.75, 3.05) is 21.3 Å². The van der Waals surface area contributed by atoms with Crippen LogP contribution < -0.4 is 19.5 Å². The van der Waals surface area contributed by atoms with Gasteiger partial charge in [0.1, 0.15) is 17.2 Å². The minimum absolute atomic E-state index is 0.196. The molecule has 37 heavy (non-hydrogen) atoms. The van der Waals surface area contributed by atoms with Gasteiger partial charge in [-0.3, -0.25) is 4.98 Å². The van der Waals surface area contributed by atoms with Crippen molar-refractivity contribution in [1.29, 1.82) is 0 Å². The molecule has 2 aromatic carbocycles. The van der Waals surface area contributed by atoms with Gasteiger partial charge in [-0.05, 0) is 67.6 Å². The molecule has 0 radical (unpaired) electrons. The fourth-order valence-corrected chi connectivity index (χ4v) is 3.44. The number of rotatable bonds is 7. The molecule has 8 heteroatoms. The van der Waals surface area contributed by atoms with E-state index in [-0.39, 0.29) is 18.8 Å². The number of aromatic nitrogens is 1. The Kier molecular flexibility index (Phi) is 12.7.